The van der Waals surface area contributed by atoms with Gasteiger partial charge in [0.15, 0.2) is 6.10 Å². The number of carbonyl (C=O) groups is 2. The lowest BCUT2D eigenvalue weighted by molar-refractivity contribution is -0.161. The molecule has 48 heavy (non-hydrogen) atoms. The van der Waals surface area contributed by atoms with E-state index in [1.807, 2.05) is 0 Å². The van der Waals surface area contributed by atoms with Crippen LogP contribution in [0.4, 0.5) is 0 Å². The number of unbranched alkanes of at least 4 members (excludes halogenated alkanes) is 14. The molecule has 0 spiro atoms. The Morgan fingerprint density at radius 1 is 0.500 bits per heavy atom. The molecule has 274 valence electrons. The molecule has 1 N–H and O–H groups in total. The minimum atomic E-state index is -0.805. The van der Waals surface area contributed by atoms with Crippen molar-refractivity contribution in [2.75, 3.05) is 13.2 Å². The first kappa shape index (κ1) is 45.3. The van der Waals surface area contributed by atoms with Gasteiger partial charge in [-0.1, -0.05) is 151 Å². The van der Waals surface area contributed by atoms with Crippen molar-refractivity contribution in [2.45, 2.75) is 174 Å². The van der Waals surface area contributed by atoms with Crippen molar-refractivity contribution in [3.63, 3.8) is 0 Å². The summed E-state index contributed by atoms with van der Waals surface area (Å²) in [6, 6.07) is 0. The van der Waals surface area contributed by atoms with E-state index in [-0.39, 0.29) is 31.6 Å². The van der Waals surface area contributed by atoms with Crippen LogP contribution in [-0.4, -0.2) is 36.4 Å². The van der Waals surface area contributed by atoms with Gasteiger partial charge in [0.1, 0.15) is 6.61 Å². The van der Waals surface area contributed by atoms with Gasteiger partial charge in [0.05, 0.1) is 6.61 Å². The van der Waals surface area contributed by atoms with Gasteiger partial charge in [0.2, 0.25) is 0 Å². The topological polar surface area (TPSA) is 72.8 Å². The van der Waals surface area contributed by atoms with E-state index in [0.29, 0.717) is 12.8 Å². The number of aliphatic hydroxyl groups is 1. The molecule has 0 rings (SSSR count). The predicted octanol–water partition coefficient (Wildman–Crippen LogP) is 12.2. The number of aliphatic hydroxyl groups excluding tert-OH is 1. The molecular weight excluding hydrogens is 596 g/mol. The normalized spacial score (nSPS) is 13.0. The molecule has 5 heteroatoms. The lowest BCUT2D eigenvalue weighted by Crippen LogP contribution is -2.28. The fourth-order valence-electron chi connectivity index (χ4n) is 5.05. The molecule has 0 saturated heterocycles. The maximum atomic E-state index is 12.1. The summed E-state index contributed by atoms with van der Waals surface area (Å²) in [7, 11) is 0. The van der Waals surface area contributed by atoms with E-state index in [4.69, 9.17) is 9.47 Å². The third-order valence-corrected chi connectivity index (χ3v) is 7.98. The van der Waals surface area contributed by atoms with Crippen LogP contribution in [0.25, 0.3) is 0 Å². The van der Waals surface area contributed by atoms with Crippen LogP contribution in [0, 0.1) is 0 Å². The average Bonchev–Trinajstić information content (AvgIpc) is 3.09. The van der Waals surface area contributed by atoms with Crippen LogP contribution in [0.15, 0.2) is 72.9 Å². The second-order valence-corrected chi connectivity index (χ2v) is 12.6. The van der Waals surface area contributed by atoms with Crippen molar-refractivity contribution >= 4 is 11.9 Å². The molecule has 0 heterocycles. The smallest absolute Gasteiger partial charge is 0.306 e. The Bertz CT molecular complexity index is 895. The van der Waals surface area contributed by atoms with Gasteiger partial charge >= 0.3 is 11.9 Å². The minimum absolute atomic E-state index is 0.0940. The van der Waals surface area contributed by atoms with Crippen LogP contribution in [-0.2, 0) is 19.1 Å². The van der Waals surface area contributed by atoms with Crippen LogP contribution in [0.3, 0.4) is 0 Å². The summed E-state index contributed by atoms with van der Waals surface area (Å²) in [5.41, 5.74) is 0. The molecule has 1 unspecified atom stereocenters. The quantitative estimate of drug-likeness (QED) is 0.0420. The van der Waals surface area contributed by atoms with Gasteiger partial charge in [-0.15, -0.1) is 0 Å². The van der Waals surface area contributed by atoms with Crippen molar-refractivity contribution in [3.8, 4) is 0 Å². The molecule has 1 atom stereocenters. The molecular formula is C43H72O5. The van der Waals surface area contributed by atoms with Crippen molar-refractivity contribution < 1.29 is 24.2 Å². The standard InChI is InChI=1S/C43H72O5/c1-3-5-7-9-11-13-15-17-19-21-23-25-27-29-31-33-35-37-42(45)47-40-41(39-44)48-43(46)38-36-34-32-30-28-26-24-22-20-18-16-14-12-10-8-6-4-2/h6,8,12,14,17-20,24,26,30,32,41,44H,3-5,7,9-11,13,15-16,21-23,25,27-29,31,33-40H2,1-2H3/b8-6-,14-12-,19-17-,20-18-,26-24-,32-30-. The third-order valence-electron chi connectivity index (χ3n) is 7.98. The number of allylic oxidation sites excluding steroid dienone is 12. The van der Waals surface area contributed by atoms with E-state index in [0.717, 1.165) is 57.8 Å². The van der Waals surface area contributed by atoms with Crippen molar-refractivity contribution in [3.05, 3.63) is 72.9 Å². The number of ether oxygens (including phenoxy) is 2. The van der Waals surface area contributed by atoms with Gasteiger partial charge in [-0.3, -0.25) is 9.59 Å². The van der Waals surface area contributed by atoms with Gasteiger partial charge in [-0.05, 0) is 77.0 Å². The predicted molar refractivity (Wildman–Crippen MR) is 205 cm³/mol. The Hall–Kier alpha value is -2.66. The zero-order chi connectivity index (χ0) is 35.0. The molecule has 0 saturated carbocycles. The molecule has 0 radical (unpaired) electrons. The Labute approximate surface area is 295 Å². The molecule has 0 aromatic rings. The summed E-state index contributed by atoms with van der Waals surface area (Å²) < 4.78 is 10.6. The highest BCUT2D eigenvalue weighted by molar-refractivity contribution is 5.70. The fourth-order valence-corrected chi connectivity index (χ4v) is 5.05. The van der Waals surface area contributed by atoms with Crippen LogP contribution in [0.5, 0.6) is 0 Å². The Balaban J connectivity index is 3.68. The van der Waals surface area contributed by atoms with E-state index in [1.165, 1.54) is 77.0 Å². The molecule has 0 aliphatic heterocycles. The second-order valence-electron chi connectivity index (χ2n) is 12.6. The monoisotopic (exact) mass is 669 g/mol. The molecule has 0 aliphatic carbocycles. The Morgan fingerprint density at radius 3 is 1.44 bits per heavy atom. The van der Waals surface area contributed by atoms with Crippen molar-refractivity contribution in [1.82, 2.24) is 0 Å². The molecule has 5 nitrogen and oxygen atoms in total. The molecule has 0 bridgehead atoms. The summed E-state index contributed by atoms with van der Waals surface area (Å²) in [5, 5.41) is 9.54. The Morgan fingerprint density at radius 2 is 0.917 bits per heavy atom. The SMILES string of the molecule is CC/C=C\C/C=C\C/C=C\C/C=C\C/C=C\CCCC(=O)OC(CO)COC(=O)CCCCCCCCC/C=C\CCCCCCCC. The highest BCUT2D eigenvalue weighted by Gasteiger charge is 2.15. The maximum absolute atomic E-state index is 12.1. The van der Waals surface area contributed by atoms with E-state index >= 15 is 0 Å². The summed E-state index contributed by atoms with van der Waals surface area (Å²) in [6.45, 7) is 3.96. The first-order valence-electron chi connectivity index (χ1n) is 19.5. The lowest BCUT2D eigenvalue weighted by atomic mass is 10.1. The van der Waals surface area contributed by atoms with E-state index in [1.54, 1.807) is 0 Å². The molecule has 0 aromatic heterocycles. The van der Waals surface area contributed by atoms with Crippen molar-refractivity contribution in [2.24, 2.45) is 0 Å². The largest absolute Gasteiger partial charge is 0.462 e. The Kier molecular flexibility index (Phi) is 36.6. The fraction of sp³-hybridized carbons (Fsp3) is 0.674. The number of esters is 2. The number of hydrogen-bond donors (Lipinski definition) is 1. The highest BCUT2D eigenvalue weighted by atomic mass is 16.6. The van der Waals surface area contributed by atoms with Gasteiger partial charge in [0.25, 0.3) is 0 Å². The maximum Gasteiger partial charge on any atom is 0.306 e. The third kappa shape index (κ3) is 36.2. The number of carbonyl (C=O) groups excluding carboxylic acids is 2. The summed E-state index contributed by atoms with van der Waals surface area (Å²) in [4.78, 5) is 24.2. The first-order valence-corrected chi connectivity index (χ1v) is 19.5. The van der Waals surface area contributed by atoms with Crippen LogP contribution in [0.2, 0.25) is 0 Å². The lowest BCUT2D eigenvalue weighted by Gasteiger charge is -2.15. The zero-order valence-electron chi connectivity index (χ0n) is 31.0. The van der Waals surface area contributed by atoms with Gasteiger partial charge in [-0.25, -0.2) is 0 Å². The van der Waals surface area contributed by atoms with Crippen LogP contribution < -0.4 is 0 Å². The molecule has 0 amide bonds. The van der Waals surface area contributed by atoms with Crippen LogP contribution in [0.1, 0.15) is 168 Å². The number of hydrogen-bond acceptors (Lipinski definition) is 5. The van der Waals surface area contributed by atoms with Gasteiger partial charge < -0.3 is 14.6 Å². The summed E-state index contributed by atoms with van der Waals surface area (Å²) >= 11 is 0. The van der Waals surface area contributed by atoms with E-state index < -0.39 is 6.10 Å². The van der Waals surface area contributed by atoms with E-state index in [2.05, 4.69) is 86.8 Å². The zero-order valence-corrected chi connectivity index (χ0v) is 31.0. The number of rotatable bonds is 34. The minimum Gasteiger partial charge on any atom is -0.462 e. The summed E-state index contributed by atoms with van der Waals surface area (Å²) in [6.07, 6.45) is 51.1. The average molecular weight is 669 g/mol. The molecule has 0 fully saturated rings. The van der Waals surface area contributed by atoms with Gasteiger partial charge in [0, 0.05) is 12.8 Å². The van der Waals surface area contributed by atoms with Crippen molar-refractivity contribution in [1.29, 1.82) is 0 Å². The molecule has 0 aromatic carbocycles. The second kappa shape index (κ2) is 38.8. The summed E-state index contributed by atoms with van der Waals surface area (Å²) in [5.74, 6) is -0.669. The highest BCUT2D eigenvalue weighted by Crippen LogP contribution is 2.12. The van der Waals surface area contributed by atoms with Gasteiger partial charge in [-0.2, -0.15) is 0 Å². The van der Waals surface area contributed by atoms with E-state index in [9.17, 15) is 14.7 Å². The van der Waals surface area contributed by atoms with Crippen LogP contribution >= 0.6 is 0 Å². The first-order chi connectivity index (χ1) is 23.6. The molecule has 0 aliphatic rings.